The first-order chi connectivity index (χ1) is 16.9. The Bertz CT molecular complexity index is 1440. The maximum Gasteiger partial charge on any atom is 0.306 e. The van der Waals surface area contributed by atoms with Crippen LogP contribution in [0.5, 0.6) is 0 Å². The highest BCUT2D eigenvalue weighted by Gasteiger charge is 2.26. The van der Waals surface area contributed by atoms with E-state index in [1.165, 1.54) is 10.7 Å². The third-order valence-corrected chi connectivity index (χ3v) is 5.81. The summed E-state index contributed by atoms with van der Waals surface area (Å²) in [4.78, 5) is 36.7. The van der Waals surface area contributed by atoms with Crippen molar-refractivity contribution in [3.63, 3.8) is 0 Å². The van der Waals surface area contributed by atoms with Crippen molar-refractivity contribution in [3.05, 3.63) is 92.8 Å². The molecule has 1 saturated heterocycles. The number of nitro groups is 1. The van der Waals surface area contributed by atoms with E-state index in [0.717, 1.165) is 25.0 Å². The van der Waals surface area contributed by atoms with E-state index in [1.807, 2.05) is 6.07 Å². The number of anilines is 1. The summed E-state index contributed by atoms with van der Waals surface area (Å²) in [5, 5.41) is 18.0. The van der Waals surface area contributed by atoms with Crippen LogP contribution < -0.4 is 10.9 Å². The molecule has 0 aromatic heterocycles. The summed E-state index contributed by atoms with van der Waals surface area (Å²) >= 11 is 0. The number of pyridine rings is 1. The minimum absolute atomic E-state index is 0.0376. The van der Waals surface area contributed by atoms with Crippen molar-refractivity contribution < 1.29 is 18.8 Å². The van der Waals surface area contributed by atoms with Gasteiger partial charge in [0.1, 0.15) is 5.69 Å². The van der Waals surface area contributed by atoms with Crippen molar-refractivity contribution >= 4 is 17.3 Å². The minimum Gasteiger partial charge on any atom is -0.376 e. The van der Waals surface area contributed by atoms with Gasteiger partial charge in [-0.1, -0.05) is 18.2 Å². The molecule has 1 unspecified atom stereocenters. The fourth-order valence-electron chi connectivity index (χ4n) is 4.13. The number of carbonyl (C=O) groups excluding carboxylic acids is 1. The summed E-state index contributed by atoms with van der Waals surface area (Å²) in [6, 6.07) is 11.9. The molecule has 0 saturated carbocycles. The quantitative estimate of drug-likeness (QED) is 0.334. The predicted molar refractivity (Wildman–Crippen MR) is 124 cm³/mol. The maximum atomic E-state index is 13.7. The lowest BCUT2D eigenvalue weighted by Gasteiger charge is -2.16. The molecule has 178 valence electrons. The standard InChI is InChI=1S/C24H20FN5O5/c25-20-9-8-15(11-21(20)30(33)34)26-23(31)18-13-28(12-17-7-4-10-35-17)14-19-22(18)27-29(24(19)32)16-5-2-1-3-6-16/h1-3,5-6,8-9,11,13-14,17H,4,7,10,12H2,(H,26,31). The highest BCUT2D eigenvalue weighted by molar-refractivity contribution is 6.08. The molecule has 0 aliphatic carbocycles. The van der Waals surface area contributed by atoms with Gasteiger partial charge in [-0.15, -0.1) is 0 Å². The number of halogens is 1. The van der Waals surface area contributed by atoms with Crippen LogP contribution in [-0.2, 0) is 11.3 Å². The fourth-order valence-corrected chi connectivity index (χ4v) is 4.13. The molecular weight excluding hydrogens is 457 g/mol. The van der Waals surface area contributed by atoms with Crippen molar-refractivity contribution in [2.45, 2.75) is 25.5 Å². The molecule has 11 heteroatoms. The summed E-state index contributed by atoms with van der Waals surface area (Å²) in [6.45, 7) is 1.09. The van der Waals surface area contributed by atoms with Gasteiger partial charge in [0.05, 0.1) is 27.8 Å². The van der Waals surface area contributed by atoms with E-state index in [2.05, 4.69) is 10.4 Å². The van der Waals surface area contributed by atoms with E-state index in [1.54, 1.807) is 41.2 Å². The molecule has 5 rings (SSSR count). The lowest BCUT2D eigenvalue weighted by molar-refractivity contribution is -0.387. The number of rotatable bonds is 6. The highest BCUT2D eigenvalue weighted by atomic mass is 19.1. The molecule has 1 atom stereocenters. The molecule has 3 aliphatic rings. The van der Waals surface area contributed by atoms with Gasteiger partial charge in [0.15, 0.2) is 0 Å². The number of nitro benzene ring substituents is 1. The smallest absolute Gasteiger partial charge is 0.306 e. The first kappa shape index (κ1) is 22.4. The van der Waals surface area contributed by atoms with E-state index in [0.29, 0.717) is 18.8 Å². The van der Waals surface area contributed by atoms with E-state index in [-0.39, 0.29) is 34.2 Å². The Labute approximate surface area is 198 Å². The predicted octanol–water partition coefficient (Wildman–Crippen LogP) is 3.62. The van der Waals surface area contributed by atoms with Gasteiger partial charge in [-0.3, -0.25) is 19.7 Å². The zero-order chi connectivity index (χ0) is 24.5. The summed E-state index contributed by atoms with van der Waals surface area (Å²) in [5.74, 6) is -1.66. The van der Waals surface area contributed by atoms with Gasteiger partial charge in [0.25, 0.3) is 11.5 Å². The third kappa shape index (κ3) is 4.41. The second kappa shape index (κ2) is 9.11. The maximum absolute atomic E-state index is 13.7. The number of ether oxygens (including phenoxy) is 1. The molecule has 0 bridgehead atoms. The number of hydrogen-bond donors (Lipinski definition) is 1. The lowest BCUT2D eigenvalue weighted by Crippen LogP contribution is -2.21. The fraction of sp³-hybridized carbons (Fsp3) is 0.208. The summed E-state index contributed by atoms with van der Waals surface area (Å²) < 4.78 is 22.4. The molecule has 1 amide bonds. The van der Waals surface area contributed by atoms with Crippen LogP contribution in [0, 0.1) is 15.9 Å². The number of hydrogen-bond acceptors (Lipinski definition) is 6. The van der Waals surface area contributed by atoms with E-state index in [9.17, 15) is 24.1 Å². The van der Waals surface area contributed by atoms with Gasteiger partial charge in [0.2, 0.25) is 5.82 Å². The van der Waals surface area contributed by atoms with Gasteiger partial charge in [-0.05, 0) is 37.1 Å². The van der Waals surface area contributed by atoms with Crippen LogP contribution >= 0.6 is 0 Å². The Morgan fingerprint density at radius 2 is 2.03 bits per heavy atom. The Morgan fingerprint density at radius 1 is 1.23 bits per heavy atom. The van der Waals surface area contributed by atoms with Crippen molar-refractivity contribution in [2.75, 3.05) is 11.9 Å². The molecule has 1 fully saturated rings. The molecule has 0 radical (unpaired) electrons. The van der Waals surface area contributed by atoms with Gasteiger partial charge in [0, 0.05) is 37.3 Å². The Morgan fingerprint density at radius 3 is 2.74 bits per heavy atom. The lowest BCUT2D eigenvalue weighted by atomic mass is 10.1. The van der Waals surface area contributed by atoms with Gasteiger partial charge >= 0.3 is 5.69 Å². The van der Waals surface area contributed by atoms with Crippen LogP contribution in [0.4, 0.5) is 15.8 Å². The summed E-state index contributed by atoms with van der Waals surface area (Å²) in [5.41, 5.74) is -0.0556. The second-order valence-corrected chi connectivity index (χ2v) is 8.20. The number of para-hydroxylation sites is 1. The summed E-state index contributed by atoms with van der Waals surface area (Å²) in [7, 11) is 0. The number of aromatic nitrogens is 3. The zero-order valence-corrected chi connectivity index (χ0v) is 18.4. The van der Waals surface area contributed by atoms with Crippen molar-refractivity contribution in [3.8, 4) is 16.9 Å². The molecule has 10 nitrogen and oxygen atoms in total. The Kier molecular flexibility index (Phi) is 5.83. The highest BCUT2D eigenvalue weighted by Crippen LogP contribution is 2.26. The normalized spacial score (nSPS) is 15.4. The number of amides is 1. The van der Waals surface area contributed by atoms with Crippen LogP contribution in [0.1, 0.15) is 23.2 Å². The second-order valence-electron chi connectivity index (χ2n) is 8.20. The van der Waals surface area contributed by atoms with Crippen LogP contribution in [0.3, 0.4) is 0 Å². The van der Waals surface area contributed by atoms with Crippen LogP contribution in [0.2, 0.25) is 0 Å². The monoisotopic (exact) mass is 477 g/mol. The van der Waals surface area contributed by atoms with E-state index < -0.39 is 22.3 Å². The minimum atomic E-state index is -1.01. The van der Waals surface area contributed by atoms with Crippen molar-refractivity contribution in [1.82, 2.24) is 14.3 Å². The number of fused-ring (bicyclic) bond motifs is 1. The molecule has 2 aromatic carbocycles. The van der Waals surface area contributed by atoms with Crippen LogP contribution in [-0.4, -0.2) is 37.9 Å². The van der Waals surface area contributed by atoms with Gasteiger partial charge < -0.3 is 14.6 Å². The number of nitrogens with zero attached hydrogens (tertiary/aromatic N) is 4. The Hall–Kier alpha value is -4.38. The van der Waals surface area contributed by atoms with Crippen molar-refractivity contribution in [1.29, 1.82) is 0 Å². The number of benzene rings is 2. The average Bonchev–Trinajstić information content (AvgIpc) is 3.48. The average molecular weight is 477 g/mol. The van der Waals surface area contributed by atoms with Crippen LogP contribution in [0.15, 0.2) is 65.7 Å². The number of nitrogens with one attached hydrogen (secondary N) is 1. The van der Waals surface area contributed by atoms with Crippen molar-refractivity contribution in [2.24, 2.45) is 0 Å². The summed E-state index contributed by atoms with van der Waals surface area (Å²) in [6.07, 6.45) is 4.96. The zero-order valence-electron chi connectivity index (χ0n) is 18.4. The first-order valence-electron chi connectivity index (χ1n) is 11.0. The molecule has 0 spiro atoms. The van der Waals surface area contributed by atoms with Gasteiger partial charge in [-0.25, -0.2) is 0 Å². The largest absolute Gasteiger partial charge is 0.376 e. The number of carbonyl (C=O) groups is 1. The third-order valence-electron chi connectivity index (χ3n) is 5.81. The molecule has 3 heterocycles. The van der Waals surface area contributed by atoms with Crippen LogP contribution in [0.25, 0.3) is 16.9 Å². The first-order valence-corrected chi connectivity index (χ1v) is 11.0. The molecule has 1 N–H and O–H groups in total. The van der Waals surface area contributed by atoms with E-state index in [4.69, 9.17) is 4.74 Å². The molecule has 2 aromatic rings. The topological polar surface area (TPSA) is 121 Å². The Balaban J connectivity index is 1.58. The SMILES string of the molecule is O=C(Nc1ccc(F)c([N+](=O)[O-])c1)c1cn(CC2CCCO2)cc2c(=O)n(-c3ccccc3)nc1-2. The molecular formula is C24H20FN5O5. The molecule has 3 aliphatic heterocycles. The molecule has 35 heavy (non-hydrogen) atoms. The van der Waals surface area contributed by atoms with Gasteiger partial charge in [-0.2, -0.15) is 14.2 Å². The van der Waals surface area contributed by atoms with E-state index >= 15 is 0 Å².